The van der Waals surface area contributed by atoms with Crippen molar-refractivity contribution >= 4 is 17.5 Å². The topological polar surface area (TPSA) is 67.2 Å². The molecule has 4 heterocycles. The van der Waals surface area contributed by atoms with Crippen molar-refractivity contribution in [2.75, 3.05) is 33.8 Å². The quantitative estimate of drug-likeness (QED) is 0.817. The first-order valence-electron chi connectivity index (χ1n) is 9.03. The van der Waals surface area contributed by atoms with Gasteiger partial charge in [-0.25, -0.2) is 4.98 Å². The number of methoxy groups -OCH3 is 1. The van der Waals surface area contributed by atoms with E-state index in [0.29, 0.717) is 38.0 Å². The van der Waals surface area contributed by atoms with Crippen LogP contribution in [0.25, 0.3) is 5.65 Å². The van der Waals surface area contributed by atoms with Crippen molar-refractivity contribution in [1.82, 2.24) is 19.2 Å². The maximum atomic E-state index is 12.9. The van der Waals surface area contributed by atoms with Crippen LogP contribution in [0.4, 0.5) is 0 Å². The number of hydrogen-bond acceptors (Lipinski definition) is 4. The molecule has 4 rings (SSSR count). The number of likely N-dealkylation sites (tertiary alicyclic amines) is 2. The fraction of sp³-hybridized carbons (Fsp3) is 0.526. The maximum Gasteiger partial charge on any atom is 0.255 e. The second kappa shape index (κ2) is 6.39. The summed E-state index contributed by atoms with van der Waals surface area (Å²) in [5, 5.41) is 0. The van der Waals surface area contributed by atoms with Gasteiger partial charge in [0.2, 0.25) is 5.91 Å². The molecule has 1 spiro atoms. The zero-order chi connectivity index (χ0) is 18.3. The maximum absolute atomic E-state index is 12.9. The van der Waals surface area contributed by atoms with Gasteiger partial charge in [0, 0.05) is 52.4 Å². The molecule has 2 aliphatic heterocycles. The minimum Gasteiger partial charge on any atom is -0.380 e. The zero-order valence-electron chi connectivity index (χ0n) is 15.2. The first kappa shape index (κ1) is 17.0. The number of imidazole rings is 1. The number of amides is 2. The van der Waals surface area contributed by atoms with Gasteiger partial charge in [0.15, 0.2) is 0 Å². The average Bonchev–Trinajstić information content (AvgIpc) is 3.13. The minimum atomic E-state index is -0.390. The Kier molecular flexibility index (Phi) is 4.19. The van der Waals surface area contributed by atoms with Crippen LogP contribution >= 0.6 is 0 Å². The summed E-state index contributed by atoms with van der Waals surface area (Å²) in [7, 11) is 3.54. The summed E-state index contributed by atoms with van der Waals surface area (Å²) >= 11 is 0. The van der Waals surface area contributed by atoms with Gasteiger partial charge in [0.05, 0.1) is 17.1 Å². The number of ether oxygens (including phenoxy) is 1. The van der Waals surface area contributed by atoms with E-state index in [1.165, 1.54) is 0 Å². The monoisotopic (exact) mass is 356 g/mol. The van der Waals surface area contributed by atoms with E-state index in [1.807, 2.05) is 40.9 Å². The number of rotatable bonds is 2. The molecule has 2 amide bonds. The highest BCUT2D eigenvalue weighted by Gasteiger charge is 2.48. The second-order valence-electron chi connectivity index (χ2n) is 7.43. The third kappa shape index (κ3) is 2.76. The number of nitrogens with zero attached hydrogens (tertiary/aromatic N) is 4. The standard InChI is InChI=1S/C19H24N4O3/c1-21-13-15(26-2)11-19(18(21)25)5-8-22(9-6-19)17(24)14-3-4-16-20-7-10-23(16)12-14/h3-4,7,10,12,15H,5-6,8-9,11,13H2,1-2H3. The van der Waals surface area contributed by atoms with Crippen LogP contribution in [-0.4, -0.2) is 70.9 Å². The Labute approximate surface area is 152 Å². The predicted octanol–water partition coefficient (Wildman–Crippen LogP) is 1.43. The molecule has 2 saturated heterocycles. The van der Waals surface area contributed by atoms with Gasteiger partial charge in [-0.1, -0.05) is 0 Å². The number of hydrogen-bond donors (Lipinski definition) is 0. The van der Waals surface area contributed by atoms with Gasteiger partial charge in [-0.15, -0.1) is 0 Å². The molecule has 1 atom stereocenters. The molecule has 2 aromatic heterocycles. The van der Waals surface area contributed by atoms with Crippen molar-refractivity contribution in [2.45, 2.75) is 25.4 Å². The lowest BCUT2D eigenvalue weighted by atomic mass is 9.71. The largest absolute Gasteiger partial charge is 0.380 e. The normalized spacial score (nSPS) is 23.0. The Hall–Kier alpha value is -2.41. The average molecular weight is 356 g/mol. The second-order valence-corrected chi connectivity index (χ2v) is 7.43. The van der Waals surface area contributed by atoms with Crippen LogP contribution in [0.15, 0.2) is 30.7 Å². The van der Waals surface area contributed by atoms with Crippen molar-refractivity contribution in [2.24, 2.45) is 5.41 Å². The molecule has 0 saturated carbocycles. The minimum absolute atomic E-state index is 0.00959. The third-order valence-electron chi connectivity index (χ3n) is 5.87. The lowest BCUT2D eigenvalue weighted by molar-refractivity contribution is -0.155. The van der Waals surface area contributed by atoms with Crippen molar-refractivity contribution < 1.29 is 14.3 Å². The van der Waals surface area contributed by atoms with Crippen LogP contribution in [0.2, 0.25) is 0 Å². The fourth-order valence-corrected chi connectivity index (χ4v) is 4.32. The molecule has 7 heteroatoms. The van der Waals surface area contributed by atoms with Crippen LogP contribution in [0.5, 0.6) is 0 Å². The predicted molar refractivity (Wildman–Crippen MR) is 95.8 cm³/mol. The molecular formula is C19H24N4O3. The SMILES string of the molecule is COC1CN(C)C(=O)C2(CCN(C(=O)c3ccc4nccn4c3)CC2)C1. The molecule has 0 N–H and O–H groups in total. The van der Waals surface area contributed by atoms with Crippen LogP contribution < -0.4 is 0 Å². The smallest absolute Gasteiger partial charge is 0.255 e. The van der Waals surface area contributed by atoms with Gasteiger partial charge in [0.1, 0.15) is 5.65 Å². The molecule has 0 aromatic carbocycles. The lowest BCUT2D eigenvalue weighted by Gasteiger charge is -2.47. The summed E-state index contributed by atoms with van der Waals surface area (Å²) in [6.45, 7) is 1.83. The van der Waals surface area contributed by atoms with Crippen LogP contribution in [0.1, 0.15) is 29.6 Å². The van der Waals surface area contributed by atoms with Gasteiger partial charge < -0.3 is 18.9 Å². The molecule has 2 fully saturated rings. The Morgan fingerprint density at radius 2 is 2.08 bits per heavy atom. The van der Waals surface area contributed by atoms with E-state index in [0.717, 1.165) is 12.1 Å². The van der Waals surface area contributed by atoms with Crippen LogP contribution in [-0.2, 0) is 9.53 Å². The fourth-order valence-electron chi connectivity index (χ4n) is 4.32. The van der Waals surface area contributed by atoms with Crippen LogP contribution in [0, 0.1) is 5.41 Å². The zero-order valence-corrected chi connectivity index (χ0v) is 15.2. The van der Waals surface area contributed by atoms with Gasteiger partial charge in [0.25, 0.3) is 5.91 Å². The van der Waals surface area contributed by atoms with E-state index >= 15 is 0 Å². The summed E-state index contributed by atoms with van der Waals surface area (Å²) in [6, 6.07) is 3.66. The number of fused-ring (bicyclic) bond motifs is 1. The first-order valence-corrected chi connectivity index (χ1v) is 9.03. The molecule has 2 aliphatic rings. The molecule has 1 unspecified atom stereocenters. The molecule has 2 aromatic rings. The number of carbonyl (C=O) groups excluding carboxylic acids is 2. The Bertz CT molecular complexity index is 838. The number of piperidine rings is 2. The molecule has 26 heavy (non-hydrogen) atoms. The number of likely N-dealkylation sites (N-methyl/N-ethyl adjacent to an activating group) is 1. The molecule has 0 aliphatic carbocycles. The third-order valence-corrected chi connectivity index (χ3v) is 5.87. The van der Waals surface area contributed by atoms with E-state index in [9.17, 15) is 9.59 Å². The Balaban J connectivity index is 1.48. The van der Waals surface area contributed by atoms with Gasteiger partial charge in [-0.2, -0.15) is 0 Å². The van der Waals surface area contributed by atoms with E-state index in [2.05, 4.69) is 4.98 Å². The number of carbonyl (C=O) groups is 2. The summed E-state index contributed by atoms with van der Waals surface area (Å²) in [6.07, 6.45) is 7.56. The summed E-state index contributed by atoms with van der Waals surface area (Å²) in [4.78, 5) is 33.5. The molecule has 7 nitrogen and oxygen atoms in total. The van der Waals surface area contributed by atoms with Crippen LogP contribution in [0.3, 0.4) is 0 Å². The van der Waals surface area contributed by atoms with E-state index < -0.39 is 5.41 Å². The highest BCUT2D eigenvalue weighted by molar-refractivity contribution is 5.94. The van der Waals surface area contributed by atoms with Gasteiger partial charge in [-0.05, 0) is 31.4 Å². The number of aromatic nitrogens is 2. The Morgan fingerprint density at radius 1 is 1.31 bits per heavy atom. The molecule has 0 radical (unpaired) electrons. The van der Waals surface area contributed by atoms with E-state index in [1.54, 1.807) is 18.2 Å². The number of pyridine rings is 1. The highest BCUT2D eigenvalue weighted by Crippen LogP contribution is 2.41. The van der Waals surface area contributed by atoms with Gasteiger partial charge in [-0.3, -0.25) is 9.59 Å². The van der Waals surface area contributed by atoms with Crippen molar-refractivity contribution in [3.8, 4) is 0 Å². The summed E-state index contributed by atoms with van der Waals surface area (Å²) in [5.74, 6) is 0.202. The molecular weight excluding hydrogens is 332 g/mol. The summed E-state index contributed by atoms with van der Waals surface area (Å²) < 4.78 is 7.38. The lowest BCUT2D eigenvalue weighted by Crippen LogP contribution is -2.57. The summed E-state index contributed by atoms with van der Waals surface area (Å²) in [5.41, 5.74) is 1.08. The van der Waals surface area contributed by atoms with E-state index in [4.69, 9.17) is 4.74 Å². The highest BCUT2D eigenvalue weighted by atomic mass is 16.5. The van der Waals surface area contributed by atoms with Crippen molar-refractivity contribution in [3.63, 3.8) is 0 Å². The van der Waals surface area contributed by atoms with Gasteiger partial charge >= 0.3 is 0 Å². The van der Waals surface area contributed by atoms with E-state index in [-0.39, 0.29) is 17.9 Å². The van der Waals surface area contributed by atoms with Crippen molar-refractivity contribution in [1.29, 1.82) is 0 Å². The molecule has 0 bridgehead atoms. The van der Waals surface area contributed by atoms with Crippen molar-refractivity contribution in [3.05, 3.63) is 36.3 Å². The Morgan fingerprint density at radius 3 is 2.81 bits per heavy atom. The molecule has 138 valence electrons. The first-order chi connectivity index (χ1) is 12.5.